The normalized spacial score (nSPS) is 15.8. The molecule has 0 saturated heterocycles. The molecule has 0 atom stereocenters. The van der Waals surface area contributed by atoms with E-state index in [2.05, 4.69) is 4.99 Å². The number of halogens is 4. The van der Waals surface area contributed by atoms with Crippen LogP contribution in [0.15, 0.2) is 4.99 Å². The van der Waals surface area contributed by atoms with E-state index < -0.39 is 45.9 Å². The molecule has 0 radical (unpaired) electrons. The molecule has 8 heteroatoms. The number of benzene rings is 1. The highest BCUT2D eigenvalue weighted by atomic mass is 19.2. The van der Waals surface area contributed by atoms with Gasteiger partial charge in [-0.15, -0.1) is 0 Å². The quantitative estimate of drug-likeness (QED) is 0.398. The smallest absolute Gasteiger partial charge is 0.341 e. The molecule has 1 aliphatic rings. The molecule has 0 aromatic heterocycles. The van der Waals surface area contributed by atoms with Gasteiger partial charge in [0, 0.05) is 0 Å². The van der Waals surface area contributed by atoms with Crippen LogP contribution in [0.1, 0.15) is 28.8 Å². The van der Waals surface area contributed by atoms with Crippen molar-refractivity contribution in [3.05, 3.63) is 34.4 Å². The first kappa shape index (κ1) is 13.2. The van der Waals surface area contributed by atoms with E-state index in [-0.39, 0.29) is 12.8 Å². The summed E-state index contributed by atoms with van der Waals surface area (Å²) >= 11 is 0. The maximum atomic E-state index is 13.7. The van der Waals surface area contributed by atoms with Gasteiger partial charge in [-0.2, -0.15) is 4.99 Å². The van der Waals surface area contributed by atoms with Crippen molar-refractivity contribution in [3.63, 3.8) is 0 Å². The van der Waals surface area contributed by atoms with Gasteiger partial charge in [0.15, 0.2) is 23.3 Å². The first-order valence-corrected chi connectivity index (χ1v) is 5.04. The zero-order chi connectivity index (χ0) is 14.4. The molecule has 1 N–H and O–H groups in total. The summed E-state index contributed by atoms with van der Waals surface area (Å²) in [5.41, 5.74) is -4.48. The van der Waals surface area contributed by atoms with Gasteiger partial charge < -0.3 is 5.11 Å². The number of carboxylic acid groups (broad SMARTS) is 1. The van der Waals surface area contributed by atoms with Gasteiger partial charge in [0.25, 0.3) is 0 Å². The number of carboxylic acids is 1. The van der Waals surface area contributed by atoms with Crippen LogP contribution in [0.3, 0.4) is 0 Å². The van der Waals surface area contributed by atoms with Crippen LogP contribution in [0.2, 0.25) is 0 Å². The number of aliphatic imine (C=N–C) groups is 1. The Morgan fingerprint density at radius 2 is 1.58 bits per heavy atom. The van der Waals surface area contributed by atoms with E-state index in [1.807, 2.05) is 0 Å². The molecule has 0 aliphatic heterocycles. The van der Waals surface area contributed by atoms with Crippen molar-refractivity contribution >= 4 is 12.0 Å². The Morgan fingerprint density at radius 1 is 1.11 bits per heavy atom. The van der Waals surface area contributed by atoms with Crippen LogP contribution in [0, 0.1) is 23.3 Å². The van der Waals surface area contributed by atoms with E-state index >= 15 is 0 Å². The first-order valence-electron chi connectivity index (χ1n) is 5.04. The third kappa shape index (κ3) is 1.80. The number of hydrogen-bond acceptors (Lipinski definition) is 3. The minimum Gasteiger partial charge on any atom is -0.477 e. The molecule has 0 amide bonds. The maximum Gasteiger partial charge on any atom is 0.341 e. The molecule has 1 fully saturated rings. The lowest BCUT2D eigenvalue weighted by Crippen LogP contribution is -2.17. The Hall–Kier alpha value is -2.21. The molecule has 0 spiro atoms. The summed E-state index contributed by atoms with van der Waals surface area (Å²) in [6.07, 6.45) is 1.11. The van der Waals surface area contributed by atoms with Crippen LogP contribution < -0.4 is 0 Å². The van der Waals surface area contributed by atoms with Gasteiger partial charge in [0.2, 0.25) is 6.08 Å². The molecular formula is C11H5F4NO3. The number of carbonyl (C=O) groups is 1. The minimum absolute atomic E-state index is 0.0153. The van der Waals surface area contributed by atoms with E-state index in [1.54, 1.807) is 0 Å². The van der Waals surface area contributed by atoms with E-state index in [4.69, 9.17) is 5.11 Å². The number of isocyanates is 1. The Kier molecular flexibility index (Phi) is 2.90. The second-order valence-corrected chi connectivity index (χ2v) is 4.05. The summed E-state index contributed by atoms with van der Waals surface area (Å²) in [5, 5.41) is 8.51. The van der Waals surface area contributed by atoms with Gasteiger partial charge in [-0.3, -0.25) is 0 Å². The number of carbonyl (C=O) groups excluding carboxylic acids is 1. The van der Waals surface area contributed by atoms with Crippen LogP contribution in [0.5, 0.6) is 0 Å². The van der Waals surface area contributed by atoms with Gasteiger partial charge >= 0.3 is 5.97 Å². The van der Waals surface area contributed by atoms with E-state index in [0.29, 0.717) is 0 Å². The van der Waals surface area contributed by atoms with E-state index in [1.165, 1.54) is 0 Å². The summed E-state index contributed by atoms with van der Waals surface area (Å²) in [6, 6.07) is 0. The molecule has 0 unspecified atom stereocenters. The van der Waals surface area contributed by atoms with Crippen LogP contribution >= 0.6 is 0 Å². The molecule has 1 saturated carbocycles. The number of nitrogens with zero attached hydrogens (tertiary/aromatic N) is 1. The Morgan fingerprint density at radius 3 is 1.89 bits per heavy atom. The monoisotopic (exact) mass is 275 g/mol. The van der Waals surface area contributed by atoms with Gasteiger partial charge in [-0.25, -0.2) is 27.2 Å². The molecule has 4 nitrogen and oxygen atoms in total. The first-order chi connectivity index (χ1) is 8.85. The van der Waals surface area contributed by atoms with Crippen LogP contribution in [-0.2, 0) is 10.3 Å². The van der Waals surface area contributed by atoms with Crippen LogP contribution in [0.4, 0.5) is 17.6 Å². The molecule has 1 aromatic rings. The largest absolute Gasteiger partial charge is 0.477 e. The fourth-order valence-electron chi connectivity index (χ4n) is 1.85. The SMILES string of the molecule is O=C=NC1(c2c(F)c(F)c(C(=O)O)c(F)c2F)CC1. The molecule has 1 aliphatic carbocycles. The number of aromatic carboxylic acids is 1. The third-order valence-electron chi connectivity index (χ3n) is 2.93. The average Bonchev–Trinajstić information content (AvgIpc) is 3.08. The van der Waals surface area contributed by atoms with E-state index in [0.717, 1.165) is 6.08 Å². The fraction of sp³-hybridized carbons (Fsp3) is 0.273. The topological polar surface area (TPSA) is 66.7 Å². The van der Waals surface area contributed by atoms with Crippen molar-refractivity contribution in [3.8, 4) is 0 Å². The third-order valence-corrected chi connectivity index (χ3v) is 2.93. The van der Waals surface area contributed by atoms with Gasteiger partial charge in [-0.1, -0.05) is 0 Å². The van der Waals surface area contributed by atoms with Crippen molar-refractivity contribution in [2.24, 2.45) is 4.99 Å². The van der Waals surface area contributed by atoms with Crippen molar-refractivity contribution in [2.75, 3.05) is 0 Å². The summed E-state index contributed by atoms with van der Waals surface area (Å²) in [7, 11) is 0. The summed E-state index contributed by atoms with van der Waals surface area (Å²) in [6.45, 7) is 0. The predicted octanol–water partition coefficient (Wildman–Crippen LogP) is 2.27. The highest BCUT2D eigenvalue weighted by Gasteiger charge is 2.51. The van der Waals surface area contributed by atoms with Crippen molar-refractivity contribution in [1.82, 2.24) is 0 Å². The molecule has 100 valence electrons. The highest BCUT2D eigenvalue weighted by Crippen LogP contribution is 2.51. The Bertz CT molecular complexity index is 604. The summed E-state index contributed by atoms with van der Waals surface area (Å²) in [5.74, 6) is -9.88. The molecule has 19 heavy (non-hydrogen) atoms. The standard InChI is InChI=1S/C11H5F4NO3/c12-6-4(10(18)19)7(13)9(15)5(8(6)14)11(1-2-11)16-3-17/h1-2H2,(H,18,19). The lowest BCUT2D eigenvalue weighted by molar-refractivity contribution is 0.0683. The van der Waals surface area contributed by atoms with Gasteiger partial charge in [0.05, 0.1) is 5.56 Å². The second-order valence-electron chi connectivity index (χ2n) is 4.05. The average molecular weight is 275 g/mol. The molecule has 0 heterocycles. The van der Waals surface area contributed by atoms with Gasteiger partial charge in [0.1, 0.15) is 11.1 Å². The minimum atomic E-state index is -2.14. The zero-order valence-electron chi connectivity index (χ0n) is 9.14. The van der Waals surface area contributed by atoms with Crippen molar-refractivity contribution < 1.29 is 32.3 Å². The summed E-state index contributed by atoms with van der Waals surface area (Å²) < 4.78 is 54.3. The van der Waals surface area contributed by atoms with Crippen molar-refractivity contribution in [2.45, 2.75) is 18.4 Å². The van der Waals surface area contributed by atoms with Gasteiger partial charge in [-0.05, 0) is 12.8 Å². The maximum absolute atomic E-state index is 13.7. The second kappa shape index (κ2) is 4.17. The number of rotatable bonds is 3. The highest BCUT2D eigenvalue weighted by molar-refractivity contribution is 5.88. The van der Waals surface area contributed by atoms with E-state index in [9.17, 15) is 27.2 Å². The molecular weight excluding hydrogens is 270 g/mol. The van der Waals surface area contributed by atoms with Crippen LogP contribution in [0.25, 0.3) is 0 Å². The molecule has 2 rings (SSSR count). The van der Waals surface area contributed by atoms with Crippen LogP contribution in [-0.4, -0.2) is 17.2 Å². The zero-order valence-corrected chi connectivity index (χ0v) is 9.14. The number of hydrogen-bond donors (Lipinski definition) is 1. The lowest BCUT2D eigenvalue weighted by atomic mass is 10.00. The molecule has 1 aromatic carbocycles. The lowest BCUT2D eigenvalue weighted by Gasteiger charge is -2.13. The summed E-state index contributed by atoms with van der Waals surface area (Å²) in [4.78, 5) is 23.9. The predicted molar refractivity (Wildman–Crippen MR) is 52.3 cm³/mol. The Balaban J connectivity index is 2.79. The fourth-order valence-corrected chi connectivity index (χ4v) is 1.85. The van der Waals surface area contributed by atoms with Crippen molar-refractivity contribution in [1.29, 1.82) is 0 Å². The Labute approximate surface area is 103 Å². The molecule has 0 bridgehead atoms.